The molecule has 0 saturated carbocycles. The first-order chi connectivity index (χ1) is 8.54. The number of nitrogens with one attached hydrogen (secondary N) is 1. The van der Waals surface area contributed by atoms with Crippen LogP contribution in [-0.2, 0) is 18.4 Å². The summed E-state index contributed by atoms with van der Waals surface area (Å²) in [6.45, 7) is 0.154. The summed E-state index contributed by atoms with van der Waals surface area (Å²) in [4.78, 5) is 11.7. The summed E-state index contributed by atoms with van der Waals surface area (Å²) in [5.74, 6) is -0.475. The number of phenols is 2. The maximum Gasteiger partial charge on any atom is 0.266 e. The number of aromatic nitrogens is 2. The van der Waals surface area contributed by atoms with Crippen LogP contribution in [0.1, 0.15) is 0 Å². The smallest absolute Gasteiger partial charge is 0.266 e. The Balaban J connectivity index is 2.03. The second-order valence-electron chi connectivity index (χ2n) is 4.00. The number of anilines is 1. The van der Waals surface area contributed by atoms with E-state index in [2.05, 4.69) is 5.32 Å². The second kappa shape index (κ2) is 4.79. The maximum atomic E-state index is 11.7. The third-order valence-electron chi connectivity index (χ3n) is 2.41. The van der Waals surface area contributed by atoms with Gasteiger partial charge in [0.1, 0.15) is 23.9 Å². The Morgan fingerprint density at radius 1 is 1.44 bits per heavy atom. The Morgan fingerprint density at radius 3 is 2.83 bits per heavy atom. The van der Waals surface area contributed by atoms with Gasteiger partial charge in [0.05, 0.1) is 12.7 Å². The molecule has 0 fully saturated rings. The average Bonchev–Trinajstić information content (AvgIpc) is 2.68. The average molecular weight is 248 g/mol. The monoisotopic (exact) mass is 248 g/mol. The number of aryl methyl sites for hydroxylation is 1. The van der Waals surface area contributed by atoms with Crippen molar-refractivity contribution in [3.8, 4) is 11.5 Å². The van der Waals surface area contributed by atoms with E-state index in [4.69, 9.17) is 5.11 Å². The number of aromatic hydroxyl groups is 2. The summed E-state index contributed by atoms with van der Waals surface area (Å²) in [6.07, 6.45) is 5.37. The zero-order chi connectivity index (χ0) is 13.1. The predicted molar refractivity (Wildman–Crippen MR) is 64.0 cm³/mol. The van der Waals surface area contributed by atoms with Crippen molar-refractivity contribution >= 4 is 11.6 Å². The zero-order valence-electron chi connectivity index (χ0n) is 9.87. The lowest BCUT2D eigenvalue weighted by Gasteiger charge is -2.06. The van der Waals surface area contributed by atoms with Crippen molar-refractivity contribution in [3.05, 3.63) is 36.9 Å². The number of hydrogen-bond acceptors (Lipinski definition) is 3. The number of benzene rings is 1. The lowest BCUT2D eigenvalue weighted by molar-refractivity contribution is -0.671. The van der Waals surface area contributed by atoms with Crippen LogP contribution in [0, 0.1) is 0 Å². The summed E-state index contributed by atoms with van der Waals surface area (Å²) < 4.78 is 3.54. The third-order valence-corrected chi connectivity index (χ3v) is 2.41. The van der Waals surface area contributed by atoms with Crippen LogP contribution in [0.2, 0.25) is 0 Å². The molecular weight excluding hydrogens is 234 g/mol. The van der Waals surface area contributed by atoms with Gasteiger partial charge in [0.25, 0.3) is 5.91 Å². The van der Waals surface area contributed by atoms with Gasteiger partial charge in [0, 0.05) is 6.07 Å². The van der Waals surface area contributed by atoms with E-state index >= 15 is 0 Å². The summed E-state index contributed by atoms with van der Waals surface area (Å²) >= 11 is 0. The first-order valence-corrected chi connectivity index (χ1v) is 5.37. The van der Waals surface area contributed by atoms with E-state index in [-0.39, 0.29) is 29.6 Å². The maximum absolute atomic E-state index is 11.7. The highest BCUT2D eigenvalue weighted by molar-refractivity contribution is 5.92. The van der Waals surface area contributed by atoms with Crippen molar-refractivity contribution < 1.29 is 19.6 Å². The van der Waals surface area contributed by atoms with Gasteiger partial charge in [0.2, 0.25) is 6.33 Å². The van der Waals surface area contributed by atoms with Crippen LogP contribution in [0.4, 0.5) is 5.69 Å². The molecule has 3 N–H and O–H groups in total. The Hall–Kier alpha value is -2.50. The molecule has 0 radical (unpaired) electrons. The van der Waals surface area contributed by atoms with Crippen molar-refractivity contribution in [2.45, 2.75) is 6.54 Å². The van der Waals surface area contributed by atoms with E-state index in [1.54, 1.807) is 17.1 Å². The molecule has 0 aliphatic rings. The molecule has 1 heterocycles. The molecular formula is C12H14N3O3+. The second-order valence-corrected chi connectivity index (χ2v) is 4.00. The molecule has 0 atom stereocenters. The molecule has 2 aromatic rings. The number of carbonyl (C=O) groups excluding carboxylic acids is 1. The first-order valence-electron chi connectivity index (χ1n) is 5.37. The Bertz CT molecular complexity index is 578. The largest absolute Gasteiger partial charge is 0.508 e. The van der Waals surface area contributed by atoms with Gasteiger partial charge in [0.15, 0.2) is 6.54 Å². The molecule has 94 valence electrons. The normalized spacial score (nSPS) is 10.3. The lowest BCUT2D eigenvalue weighted by atomic mass is 10.2. The van der Waals surface area contributed by atoms with Crippen LogP contribution in [0.15, 0.2) is 36.9 Å². The van der Waals surface area contributed by atoms with Crippen LogP contribution >= 0.6 is 0 Å². The minimum absolute atomic E-state index is 0.0528. The van der Waals surface area contributed by atoms with Gasteiger partial charge in [-0.25, -0.2) is 9.13 Å². The predicted octanol–water partition coefficient (Wildman–Crippen LogP) is 0.362. The number of amides is 1. The number of phenolic OH excluding ortho intramolecular Hbond substituents is 2. The van der Waals surface area contributed by atoms with E-state index < -0.39 is 0 Å². The Labute approximate surface area is 104 Å². The molecule has 6 nitrogen and oxygen atoms in total. The molecule has 0 aliphatic carbocycles. The molecule has 0 unspecified atom stereocenters. The Kier molecular flexibility index (Phi) is 3.18. The van der Waals surface area contributed by atoms with Gasteiger partial charge in [-0.05, 0) is 12.1 Å². The van der Waals surface area contributed by atoms with Crippen LogP contribution < -0.4 is 9.88 Å². The van der Waals surface area contributed by atoms with Gasteiger partial charge in [-0.15, -0.1) is 0 Å². The fraction of sp³-hybridized carbons (Fsp3) is 0.167. The van der Waals surface area contributed by atoms with E-state index in [9.17, 15) is 9.90 Å². The standard InChI is InChI=1S/C12H13N3O3/c1-14-4-5-15(8-14)7-12(18)13-10-3-2-9(16)6-11(10)17/h2-6,8H,7H2,1H3,(H2-,13,16,17,18)/p+1. The quantitative estimate of drug-likeness (QED) is 0.417. The summed E-state index contributed by atoms with van der Waals surface area (Å²) in [5.41, 5.74) is 0.273. The van der Waals surface area contributed by atoms with Crippen molar-refractivity contribution in [1.29, 1.82) is 0 Å². The molecule has 2 rings (SSSR count). The topological polar surface area (TPSA) is 78.4 Å². The van der Waals surface area contributed by atoms with Gasteiger partial charge in [-0.2, -0.15) is 0 Å². The van der Waals surface area contributed by atoms with E-state index in [1.165, 1.54) is 18.2 Å². The van der Waals surface area contributed by atoms with Crippen molar-refractivity contribution in [2.75, 3.05) is 5.32 Å². The molecule has 1 aromatic heterocycles. The van der Waals surface area contributed by atoms with Gasteiger partial charge < -0.3 is 15.5 Å². The summed E-state index contributed by atoms with van der Waals surface area (Å²) in [5, 5.41) is 21.2. The van der Waals surface area contributed by atoms with Crippen molar-refractivity contribution in [1.82, 2.24) is 4.57 Å². The van der Waals surface area contributed by atoms with E-state index in [0.29, 0.717) is 0 Å². The molecule has 18 heavy (non-hydrogen) atoms. The summed E-state index contributed by atoms with van der Waals surface area (Å²) in [7, 11) is 1.86. The van der Waals surface area contributed by atoms with Crippen LogP contribution in [0.5, 0.6) is 11.5 Å². The lowest BCUT2D eigenvalue weighted by Crippen LogP contribution is -2.25. The van der Waals surface area contributed by atoms with E-state index in [1.807, 2.05) is 17.8 Å². The summed E-state index contributed by atoms with van der Waals surface area (Å²) in [6, 6.07) is 4.01. The minimum atomic E-state index is -0.257. The fourth-order valence-electron chi connectivity index (χ4n) is 1.58. The van der Waals surface area contributed by atoms with Crippen LogP contribution in [-0.4, -0.2) is 20.7 Å². The molecule has 0 saturated heterocycles. The molecule has 6 heteroatoms. The molecule has 0 bridgehead atoms. The molecule has 1 aromatic carbocycles. The van der Waals surface area contributed by atoms with Gasteiger partial charge >= 0.3 is 0 Å². The first kappa shape index (κ1) is 12.0. The van der Waals surface area contributed by atoms with Crippen molar-refractivity contribution in [2.24, 2.45) is 7.05 Å². The van der Waals surface area contributed by atoms with Crippen molar-refractivity contribution in [3.63, 3.8) is 0 Å². The molecule has 1 amide bonds. The third kappa shape index (κ3) is 2.79. The SMILES string of the molecule is C[n+]1ccn(CC(=O)Nc2ccc(O)cc2O)c1. The minimum Gasteiger partial charge on any atom is -0.508 e. The number of rotatable bonds is 3. The highest BCUT2D eigenvalue weighted by atomic mass is 16.3. The zero-order valence-corrected chi connectivity index (χ0v) is 9.87. The van der Waals surface area contributed by atoms with Gasteiger partial charge in [-0.3, -0.25) is 4.79 Å². The highest BCUT2D eigenvalue weighted by Crippen LogP contribution is 2.26. The van der Waals surface area contributed by atoms with Gasteiger partial charge in [-0.1, -0.05) is 0 Å². The number of imidazole rings is 1. The van der Waals surface area contributed by atoms with Crippen LogP contribution in [0.25, 0.3) is 0 Å². The van der Waals surface area contributed by atoms with Crippen LogP contribution in [0.3, 0.4) is 0 Å². The Morgan fingerprint density at radius 2 is 2.22 bits per heavy atom. The highest BCUT2D eigenvalue weighted by Gasteiger charge is 2.10. The molecule has 0 aliphatic heterocycles. The van der Waals surface area contributed by atoms with E-state index in [0.717, 1.165) is 0 Å². The number of nitrogens with zero attached hydrogens (tertiary/aromatic N) is 2. The number of hydrogen-bond donors (Lipinski definition) is 3. The molecule has 0 spiro atoms. The fourth-order valence-corrected chi connectivity index (χ4v) is 1.58. The number of carbonyl (C=O) groups is 1.